The Morgan fingerprint density at radius 3 is 1.17 bits per heavy atom. The van der Waals surface area contributed by atoms with E-state index in [1.54, 1.807) is 11.8 Å². The normalized spacial score (nSPS) is 5.00. The lowest BCUT2D eigenvalue weighted by atomic mass is 11.9. The standard InChI is InChI=1S/C2H6S.O2S/c2*1-3-2/h1-2H3;. The molecule has 0 amide bonds. The lowest BCUT2D eigenvalue weighted by molar-refractivity contribution is 0.630. The zero-order chi connectivity index (χ0) is 5.41. The molecule has 6 heavy (non-hydrogen) atoms. The SMILES string of the molecule is CSC.O=S=O. The number of rotatable bonds is 0. The van der Waals surface area contributed by atoms with Gasteiger partial charge in [0.2, 0.25) is 0 Å². The van der Waals surface area contributed by atoms with Crippen LogP contribution in [-0.2, 0) is 11.6 Å². The van der Waals surface area contributed by atoms with Gasteiger partial charge in [0.15, 0.2) is 0 Å². The number of hydrogen-bond acceptors (Lipinski definition) is 3. The van der Waals surface area contributed by atoms with E-state index in [0.29, 0.717) is 0 Å². The smallest absolute Gasteiger partial charge is 0.169 e. The molecule has 38 valence electrons. The molecule has 0 saturated heterocycles. The summed E-state index contributed by atoms with van der Waals surface area (Å²) in [6, 6.07) is 0. The second-order valence-electron chi connectivity index (χ2n) is 0.476. The molecule has 0 aliphatic carbocycles. The van der Waals surface area contributed by atoms with Crippen LogP contribution in [0.3, 0.4) is 0 Å². The van der Waals surface area contributed by atoms with E-state index in [1.165, 1.54) is 0 Å². The van der Waals surface area contributed by atoms with Gasteiger partial charge in [-0.05, 0) is 12.5 Å². The van der Waals surface area contributed by atoms with Crippen LogP contribution in [0.5, 0.6) is 0 Å². The van der Waals surface area contributed by atoms with Gasteiger partial charge in [-0.2, -0.15) is 20.2 Å². The van der Waals surface area contributed by atoms with Gasteiger partial charge in [-0.3, -0.25) is 0 Å². The third-order valence-electron chi connectivity index (χ3n) is 0. The number of thioether (sulfide) groups is 1. The predicted molar refractivity (Wildman–Crippen MR) is 28.4 cm³/mol. The molecule has 0 unspecified atom stereocenters. The molecule has 0 aromatic rings. The molecule has 0 heterocycles. The minimum absolute atomic E-state index is 0.750. The van der Waals surface area contributed by atoms with Gasteiger partial charge in [-0.25, -0.2) is 0 Å². The van der Waals surface area contributed by atoms with Gasteiger partial charge in [0.1, 0.15) is 0 Å². The third kappa shape index (κ3) is 1450. The Morgan fingerprint density at radius 2 is 1.17 bits per heavy atom. The van der Waals surface area contributed by atoms with Gasteiger partial charge < -0.3 is 0 Å². The van der Waals surface area contributed by atoms with Gasteiger partial charge >= 0.3 is 11.6 Å². The van der Waals surface area contributed by atoms with Crippen molar-refractivity contribution in [2.24, 2.45) is 0 Å². The summed E-state index contributed by atoms with van der Waals surface area (Å²) in [4.78, 5) is 0. The highest BCUT2D eigenvalue weighted by Crippen LogP contribution is 1.70. The Kier molecular flexibility index (Phi) is 30.2. The van der Waals surface area contributed by atoms with Crippen LogP contribution in [0.2, 0.25) is 0 Å². The lowest BCUT2D eigenvalue weighted by Gasteiger charge is -1.51. The summed E-state index contributed by atoms with van der Waals surface area (Å²) >= 11 is 1.000. The molecular weight excluding hydrogens is 120 g/mol. The van der Waals surface area contributed by atoms with Crippen LogP contribution in [0.4, 0.5) is 0 Å². The highest BCUT2D eigenvalue weighted by atomic mass is 32.2. The fourth-order valence-corrected chi connectivity index (χ4v) is 0. The van der Waals surface area contributed by atoms with Crippen molar-refractivity contribution in [2.45, 2.75) is 0 Å². The van der Waals surface area contributed by atoms with E-state index in [1.807, 2.05) is 12.5 Å². The van der Waals surface area contributed by atoms with E-state index in [4.69, 9.17) is 8.42 Å². The summed E-state index contributed by atoms with van der Waals surface area (Å²) in [5.74, 6) is 0. The minimum Gasteiger partial charge on any atom is -0.169 e. The van der Waals surface area contributed by atoms with Crippen molar-refractivity contribution >= 4 is 23.3 Å². The van der Waals surface area contributed by atoms with Gasteiger partial charge in [0.05, 0.1) is 0 Å². The van der Waals surface area contributed by atoms with Crippen molar-refractivity contribution in [3.63, 3.8) is 0 Å². The first-order valence-corrected chi connectivity index (χ1v) is 3.45. The van der Waals surface area contributed by atoms with Gasteiger partial charge in [-0.1, -0.05) is 0 Å². The van der Waals surface area contributed by atoms with Crippen molar-refractivity contribution in [1.82, 2.24) is 0 Å². The maximum atomic E-state index is 8.29. The quantitative estimate of drug-likeness (QED) is 0.468. The summed E-state index contributed by atoms with van der Waals surface area (Å²) in [6.45, 7) is 0. The molecule has 0 saturated carbocycles. The van der Waals surface area contributed by atoms with Crippen molar-refractivity contribution in [2.75, 3.05) is 12.5 Å². The number of hydrogen-bond donors (Lipinski definition) is 0. The first kappa shape index (κ1) is 9.48. The maximum absolute atomic E-state index is 8.29. The average molecular weight is 126 g/mol. The second kappa shape index (κ2) is 19.1. The Morgan fingerprint density at radius 1 is 1.17 bits per heavy atom. The molecule has 0 bridgehead atoms. The van der Waals surface area contributed by atoms with Gasteiger partial charge in [0.25, 0.3) is 0 Å². The minimum atomic E-state index is -0.750. The molecule has 0 aromatic carbocycles. The Hall–Kier alpha value is 0.170. The van der Waals surface area contributed by atoms with Crippen LogP contribution >= 0.6 is 11.8 Å². The Bertz CT molecular complexity index is 38.8. The Labute approximate surface area is 44.9 Å². The molecule has 0 radical (unpaired) electrons. The molecule has 0 aromatic heterocycles. The van der Waals surface area contributed by atoms with Crippen molar-refractivity contribution in [3.05, 3.63) is 0 Å². The summed E-state index contributed by atoms with van der Waals surface area (Å²) in [6.07, 6.45) is 4.08. The molecule has 2 nitrogen and oxygen atoms in total. The fourth-order valence-electron chi connectivity index (χ4n) is 0. The van der Waals surface area contributed by atoms with Crippen LogP contribution in [0.15, 0.2) is 0 Å². The van der Waals surface area contributed by atoms with Crippen LogP contribution in [0.25, 0.3) is 0 Å². The molecule has 0 spiro atoms. The van der Waals surface area contributed by atoms with Crippen LogP contribution in [0.1, 0.15) is 0 Å². The van der Waals surface area contributed by atoms with E-state index in [2.05, 4.69) is 0 Å². The third-order valence-corrected chi connectivity index (χ3v) is 0. The van der Waals surface area contributed by atoms with Crippen LogP contribution < -0.4 is 0 Å². The molecule has 0 aliphatic rings. The van der Waals surface area contributed by atoms with Crippen molar-refractivity contribution < 1.29 is 8.42 Å². The topological polar surface area (TPSA) is 34.1 Å². The molecule has 0 aliphatic heterocycles. The molecule has 4 heteroatoms. The van der Waals surface area contributed by atoms with Crippen molar-refractivity contribution in [1.29, 1.82) is 0 Å². The second-order valence-corrected chi connectivity index (χ2v) is 1.43. The van der Waals surface area contributed by atoms with Crippen molar-refractivity contribution in [3.8, 4) is 0 Å². The summed E-state index contributed by atoms with van der Waals surface area (Å²) < 4.78 is 16.6. The van der Waals surface area contributed by atoms with Crippen LogP contribution in [0, 0.1) is 0 Å². The van der Waals surface area contributed by atoms with E-state index in [9.17, 15) is 0 Å². The highest BCUT2D eigenvalue weighted by molar-refractivity contribution is 7.97. The molecular formula is C2H6O2S2. The maximum Gasteiger partial charge on any atom is 0.335 e. The van der Waals surface area contributed by atoms with E-state index < -0.39 is 11.6 Å². The monoisotopic (exact) mass is 126 g/mol. The largest absolute Gasteiger partial charge is 0.335 e. The molecule has 0 rings (SSSR count). The average Bonchev–Trinajstić information content (AvgIpc) is 1.39. The van der Waals surface area contributed by atoms with E-state index >= 15 is 0 Å². The zero-order valence-electron chi connectivity index (χ0n) is 3.63. The highest BCUT2D eigenvalue weighted by Gasteiger charge is 1.32. The zero-order valence-corrected chi connectivity index (χ0v) is 5.27. The van der Waals surface area contributed by atoms with Gasteiger partial charge in [0, 0.05) is 0 Å². The predicted octanol–water partition coefficient (Wildman–Crippen LogP) is 0.309. The molecule has 0 N–H and O–H groups in total. The Balaban J connectivity index is 0. The van der Waals surface area contributed by atoms with E-state index in [0.717, 1.165) is 0 Å². The summed E-state index contributed by atoms with van der Waals surface area (Å²) in [7, 11) is 0. The summed E-state index contributed by atoms with van der Waals surface area (Å²) in [5.41, 5.74) is 0. The lowest BCUT2D eigenvalue weighted by Crippen LogP contribution is -1.25. The van der Waals surface area contributed by atoms with Crippen LogP contribution in [-0.4, -0.2) is 20.9 Å². The molecule has 0 atom stereocenters. The fraction of sp³-hybridized carbons (Fsp3) is 1.00. The first-order valence-electron chi connectivity index (χ1n) is 1.15. The summed E-state index contributed by atoms with van der Waals surface area (Å²) in [5, 5.41) is 0. The first-order chi connectivity index (χ1) is 2.83. The van der Waals surface area contributed by atoms with Gasteiger partial charge in [-0.15, -0.1) is 0 Å². The van der Waals surface area contributed by atoms with E-state index in [-0.39, 0.29) is 0 Å². The molecule has 0 fully saturated rings.